The summed E-state index contributed by atoms with van der Waals surface area (Å²) < 4.78 is 5.05. The van der Waals surface area contributed by atoms with E-state index in [4.69, 9.17) is 10.5 Å². The molecule has 0 aromatic heterocycles. The van der Waals surface area contributed by atoms with E-state index >= 15 is 0 Å². The van der Waals surface area contributed by atoms with Gasteiger partial charge in [0.15, 0.2) is 0 Å². The summed E-state index contributed by atoms with van der Waals surface area (Å²) in [6, 6.07) is -0.540. The largest absolute Gasteiger partial charge is 0.459 e. The van der Waals surface area contributed by atoms with Gasteiger partial charge in [0, 0.05) is 0 Å². The molecule has 5 heteroatoms. The third-order valence-corrected chi connectivity index (χ3v) is 1.41. The number of thiol groups is 1. The van der Waals surface area contributed by atoms with Crippen molar-refractivity contribution in [2.45, 2.75) is 38.8 Å². The van der Waals surface area contributed by atoms with Crippen molar-refractivity contribution in [1.82, 2.24) is 0 Å². The molecule has 0 aliphatic heterocycles. The standard InChI is InChI=1S/C8H17NO2S.ClH/c1-8(2,3)11-7(10)6(9)4-5-12;/h6,12H,4-5,9H2,1-3H3;1H/t6-;/m0./s1. The number of ether oxygens (including phenoxy) is 1. The third kappa shape index (κ3) is 8.40. The molecule has 0 aliphatic rings. The number of carbonyl (C=O) groups is 1. The molecule has 0 spiro atoms. The zero-order chi connectivity index (χ0) is 9.78. The van der Waals surface area contributed by atoms with Crippen LogP contribution in [0.25, 0.3) is 0 Å². The SMILES string of the molecule is CC(C)(C)OC(=O)[C@@H](N)CCS.Cl. The minimum absolute atomic E-state index is 0. The third-order valence-electron chi connectivity index (χ3n) is 1.15. The van der Waals surface area contributed by atoms with Gasteiger partial charge < -0.3 is 10.5 Å². The van der Waals surface area contributed by atoms with E-state index in [2.05, 4.69) is 12.6 Å². The first-order chi connectivity index (χ1) is 5.37. The van der Waals surface area contributed by atoms with Crippen LogP contribution in [0.1, 0.15) is 27.2 Å². The first-order valence-electron chi connectivity index (χ1n) is 3.96. The van der Waals surface area contributed by atoms with E-state index in [0.29, 0.717) is 12.2 Å². The van der Waals surface area contributed by atoms with E-state index in [1.54, 1.807) is 0 Å². The van der Waals surface area contributed by atoms with Gasteiger partial charge in [-0.15, -0.1) is 12.4 Å². The second kappa shape index (κ2) is 6.51. The van der Waals surface area contributed by atoms with Crippen molar-refractivity contribution < 1.29 is 9.53 Å². The first kappa shape index (κ1) is 15.5. The van der Waals surface area contributed by atoms with Crippen LogP contribution in [0.3, 0.4) is 0 Å². The van der Waals surface area contributed by atoms with E-state index in [1.807, 2.05) is 20.8 Å². The van der Waals surface area contributed by atoms with Crippen LogP contribution in [0.15, 0.2) is 0 Å². The lowest BCUT2D eigenvalue weighted by atomic mass is 10.2. The fourth-order valence-corrected chi connectivity index (χ4v) is 0.913. The van der Waals surface area contributed by atoms with Gasteiger partial charge in [-0.25, -0.2) is 0 Å². The molecule has 0 aromatic rings. The second-order valence-corrected chi connectivity index (χ2v) is 4.10. The smallest absolute Gasteiger partial charge is 0.323 e. The predicted molar refractivity (Wildman–Crippen MR) is 59.5 cm³/mol. The quantitative estimate of drug-likeness (QED) is 0.566. The molecule has 0 bridgehead atoms. The number of hydrogen-bond donors (Lipinski definition) is 2. The topological polar surface area (TPSA) is 52.3 Å². The Bertz CT molecular complexity index is 159. The number of halogens is 1. The highest BCUT2D eigenvalue weighted by atomic mass is 35.5. The Labute approximate surface area is 91.2 Å². The summed E-state index contributed by atoms with van der Waals surface area (Å²) in [5.41, 5.74) is 5.06. The lowest BCUT2D eigenvalue weighted by molar-refractivity contribution is -0.156. The van der Waals surface area contributed by atoms with Gasteiger partial charge in [0.25, 0.3) is 0 Å². The van der Waals surface area contributed by atoms with Crippen LogP contribution in [-0.2, 0) is 9.53 Å². The van der Waals surface area contributed by atoms with Crippen molar-refractivity contribution >= 4 is 31.0 Å². The normalized spacial score (nSPS) is 13.0. The molecule has 0 unspecified atom stereocenters. The summed E-state index contributed by atoms with van der Waals surface area (Å²) in [6.45, 7) is 5.45. The van der Waals surface area contributed by atoms with E-state index in [9.17, 15) is 4.79 Å². The zero-order valence-corrected chi connectivity index (χ0v) is 9.95. The number of nitrogens with two attached hydrogens (primary N) is 1. The van der Waals surface area contributed by atoms with Crippen molar-refractivity contribution in [3.05, 3.63) is 0 Å². The molecule has 80 valence electrons. The molecule has 0 saturated carbocycles. The Morgan fingerprint density at radius 1 is 1.54 bits per heavy atom. The highest BCUT2D eigenvalue weighted by molar-refractivity contribution is 7.80. The maximum Gasteiger partial charge on any atom is 0.323 e. The van der Waals surface area contributed by atoms with Crippen molar-refractivity contribution in [1.29, 1.82) is 0 Å². The van der Waals surface area contributed by atoms with Crippen LogP contribution in [-0.4, -0.2) is 23.4 Å². The fourth-order valence-electron chi connectivity index (χ4n) is 0.634. The Kier molecular flexibility index (Phi) is 7.78. The van der Waals surface area contributed by atoms with Crippen LogP contribution in [0.2, 0.25) is 0 Å². The van der Waals surface area contributed by atoms with Crippen molar-refractivity contribution in [2.24, 2.45) is 5.73 Å². The fraction of sp³-hybridized carbons (Fsp3) is 0.875. The van der Waals surface area contributed by atoms with Gasteiger partial charge in [-0.05, 0) is 32.9 Å². The van der Waals surface area contributed by atoms with E-state index in [1.165, 1.54) is 0 Å². The Morgan fingerprint density at radius 3 is 2.31 bits per heavy atom. The molecule has 0 heterocycles. The first-order valence-corrected chi connectivity index (χ1v) is 4.59. The molecular weight excluding hydrogens is 210 g/mol. The lowest BCUT2D eigenvalue weighted by Crippen LogP contribution is -2.37. The molecule has 0 fully saturated rings. The monoisotopic (exact) mass is 227 g/mol. The summed E-state index contributed by atoms with van der Waals surface area (Å²) in [5.74, 6) is 0.247. The maximum atomic E-state index is 11.2. The van der Waals surface area contributed by atoms with Crippen LogP contribution in [0, 0.1) is 0 Å². The molecule has 1 atom stereocenters. The number of carbonyl (C=O) groups excluding carboxylic acids is 1. The summed E-state index contributed by atoms with van der Waals surface area (Å²) in [5, 5.41) is 0. The summed E-state index contributed by atoms with van der Waals surface area (Å²) in [6.07, 6.45) is 0.554. The second-order valence-electron chi connectivity index (χ2n) is 3.65. The van der Waals surface area contributed by atoms with Gasteiger partial charge in [0.05, 0.1) is 0 Å². The van der Waals surface area contributed by atoms with Gasteiger partial charge >= 0.3 is 5.97 Å². The van der Waals surface area contributed by atoms with E-state index in [-0.39, 0.29) is 18.4 Å². The van der Waals surface area contributed by atoms with Crippen LogP contribution in [0.5, 0.6) is 0 Å². The van der Waals surface area contributed by atoms with Crippen LogP contribution in [0.4, 0.5) is 0 Å². The summed E-state index contributed by atoms with van der Waals surface area (Å²) >= 11 is 3.98. The Morgan fingerprint density at radius 2 is 2.00 bits per heavy atom. The number of esters is 1. The van der Waals surface area contributed by atoms with Crippen molar-refractivity contribution in [3.8, 4) is 0 Å². The summed E-state index contributed by atoms with van der Waals surface area (Å²) in [7, 11) is 0. The van der Waals surface area contributed by atoms with Crippen LogP contribution >= 0.6 is 25.0 Å². The van der Waals surface area contributed by atoms with E-state index in [0.717, 1.165) is 0 Å². The lowest BCUT2D eigenvalue weighted by Gasteiger charge is -2.21. The molecular formula is C8H18ClNO2S. The minimum atomic E-state index is -0.540. The Hall–Kier alpha value is 0.0700. The molecule has 0 aromatic carbocycles. The molecule has 3 nitrogen and oxygen atoms in total. The van der Waals surface area contributed by atoms with Crippen molar-refractivity contribution in [3.63, 3.8) is 0 Å². The molecule has 0 amide bonds. The van der Waals surface area contributed by atoms with Gasteiger partial charge in [-0.2, -0.15) is 12.6 Å². The average Bonchev–Trinajstić information content (AvgIpc) is 1.84. The number of hydrogen-bond acceptors (Lipinski definition) is 4. The number of rotatable bonds is 3. The van der Waals surface area contributed by atoms with Gasteiger partial charge in [-0.1, -0.05) is 0 Å². The molecule has 2 N–H and O–H groups in total. The average molecular weight is 228 g/mol. The Balaban J connectivity index is 0. The van der Waals surface area contributed by atoms with Crippen LogP contribution < -0.4 is 5.73 Å². The van der Waals surface area contributed by atoms with Gasteiger partial charge in [0.1, 0.15) is 11.6 Å². The van der Waals surface area contributed by atoms with Crippen molar-refractivity contribution in [2.75, 3.05) is 5.75 Å². The van der Waals surface area contributed by atoms with E-state index < -0.39 is 11.6 Å². The highest BCUT2D eigenvalue weighted by Gasteiger charge is 2.21. The highest BCUT2D eigenvalue weighted by Crippen LogP contribution is 2.08. The van der Waals surface area contributed by atoms with Gasteiger partial charge in [-0.3, -0.25) is 4.79 Å². The maximum absolute atomic E-state index is 11.2. The minimum Gasteiger partial charge on any atom is -0.459 e. The summed E-state index contributed by atoms with van der Waals surface area (Å²) in [4.78, 5) is 11.2. The molecule has 0 radical (unpaired) electrons. The molecule has 13 heavy (non-hydrogen) atoms. The zero-order valence-electron chi connectivity index (χ0n) is 8.24. The predicted octanol–water partition coefficient (Wildman–Crippen LogP) is 1.40. The van der Waals surface area contributed by atoms with Gasteiger partial charge in [0.2, 0.25) is 0 Å². The molecule has 0 rings (SSSR count). The molecule has 0 saturated heterocycles. The molecule has 0 aliphatic carbocycles.